The van der Waals surface area contributed by atoms with Crippen LogP contribution < -0.4 is 10.2 Å². The number of hydrogen-bond donors (Lipinski definition) is 1. The largest absolute Gasteiger partial charge is 0.372 e. The molecule has 2 aromatic rings. The number of amides is 1. The zero-order valence-electron chi connectivity index (χ0n) is 15.7. The van der Waals surface area contributed by atoms with Crippen LogP contribution in [0.2, 0.25) is 5.02 Å². The van der Waals surface area contributed by atoms with Gasteiger partial charge in [-0.2, -0.15) is 0 Å². The third-order valence-electron chi connectivity index (χ3n) is 4.96. The zero-order valence-corrected chi connectivity index (χ0v) is 17.3. The van der Waals surface area contributed by atoms with Gasteiger partial charge in [-0.15, -0.1) is 0 Å². The highest BCUT2D eigenvalue weighted by molar-refractivity contribution is 8.18. The monoisotopic (exact) mass is 411 g/mol. The van der Waals surface area contributed by atoms with Gasteiger partial charge in [0.25, 0.3) is 5.91 Å². The van der Waals surface area contributed by atoms with Gasteiger partial charge in [0.05, 0.1) is 10.6 Å². The number of anilines is 1. The number of halogens is 1. The molecule has 2 aromatic carbocycles. The number of benzene rings is 2. The molecular weight excluding hydrogens is 390 g/mol. The molecule has 0 bridgehead atoms. The van der Waals surface area contributed by atoms with Crippen LogP contribution in [0.4, 0.5) is 11.4 Å². The van der Waals surface area contributed by atoms with Gasteiger partial charge < -0.3 is 10.2 Å². The molecule has 0 unspecified atom stereocenters. The van der Waals surface area contributed by atoms with Gasteiger partial charge in [-0.05, 0) is 79.4 Å². The van der Waals surface area contributed by atoms with Crippen LogP contribution >= 0.6 is 23.4 Å². The van der Waals surface area contributed by atoms with E-state index in [4.69, 9.17) is 11.6 Å². The molecule has 0 spiro atoms. The molecule has 2 aliphatic heterocycles. The molecule has 1 N–H and O–H groups in total. The molecule has 6 heteroatoms. The van der Waals surface area contributed by atoms with Crippen LogP contribution in [0.25, 0.3) is 6.08 Å². The molecule has 0 aliphatic carbocycles. The maximum absolute atomic E-state index is 12.3. The molecular formula is C22H22ClN3OS. The Kier molecular flexibility index (Phi) is 5.74. The number of carbonyl (C=O) groups excluding carboxylic acids is 1. The first-order chi connectivity index (χ1) is 13.6. The van der Waals surface area contributed by atoms with Gasteiger partial charge in [-0.1, -0.05) is 29.8 Å². The van der Waals surface area contributed by atoms with Crippen molar-refractivity contribution in [3.8, 4) is 0 Å². The normalized spacial score (nSPS) is 20.1. The van der Waals surface area contributed by atoms with E-state index in [0.29, 0.717) is 15.1 Å². The minimum absolute atomic E-state index is 0.122. The van der Waals surface area contributed by atoms with Crippen molar-refractivity contribution < 1.29 is 4.79 Å². The molecule has 4 rings (SSSR count). The number of amidine groups is 1. The molecule has 0 atom stereocenters. The molecule has 28 heavy (non-hydrogen) atoms. The van der Waals surface area contributed by atoms with Gasteiger partial charge in [0, 0.05) is 23.8 Å². The first-order valence-electron chi connectivity index (χ1n) is 9.49. The van der Waals surface area contributed by atoms with Crippen LogP contribution in [0.5, 0.6) is 0 Å². The van der Waals surface area contributed by atoms with Crippen molar-refractivity contribution in [2.75, 3.05) is 18.0 Å². The quantitative estimate of drug-likeness (QED) is 0.675. The van der Waals surface area contributed by atoms with E-state index in [1.165, 1.54) is 36.7 Å². The SMILES string of the molecule is Cc1ccc(Cl)cc1N=C1NC(=O)/C(=C/c2ccc(N3CCCCC3)cc2)S1. The third kappa shape index (κ3) is 4.42. The Morgan fingerprint density at radius 2 is 1.86 bits per heavy atom. The number of hydrogen-bond acceptors (Lipinski definition) is 4. The van der Waals surface area contributed by atoms with Crippen molar-refractivity contribution in [2.24, 2.45) is 4.99 Å². The number of thioether (sulfide) groups is 1. The van der Waals surface area contributed by atoms with Crippen molar-refractivity contribution in [3.05, 3.63) is 63.5 Å². The van der Waals surface area contributed by atoms with E-state index in [1.54, 1.807) is 6.07 Å². The first-order valence-corrected chi connectivity index (χ1v) is 10.7. The molecule has 144 valence electrons. The van der Waals surface area contributed by atoms with E-state index in [0.717, 1.165) is 29.9 Å². The summed E-state index contributed by atoms with van der Waals surface area (Å²) in [6.07, 6.45) is 5.76. The molecule has 2 saturated heterocycles. The lowest BCUT2D eigenvalue weighted by Gasteiger charge is -2.28. The Morgan fingerprint density at radius 3 is 2.61 bits per heavy atom. The van der Waals surface area contributed by atoms with Gasteiger partial charge in [-0.25, -0.2) is 4.99 Å². The predicted octanol–water partition coefficient (Wildman–Crippen LogP) is 5.53. The van der Waals surface area contributed by atoms with Crippen LogP contribution in [-0.2, 0) is 4.79 Å². The van der Waals surface area contributed by atoms with E-state index < -0.39 is 0 Å². The molecule has 2 fully saturated rings. The number of carbonyl (C=O) groups is 1. The van der Waals surface area contributed by atoms with Crippen LogP contribution in [0.1, 0.15) is 30.4 Å². The fourth-order valence-corrected chi connectivity index (χ4v) is 4.38. The summed E-state index contributed by atoms with van der Waals surface area (Å²) in [6, 6.07) is 14.0. The molecule has 1 amide bonds. The summed E-state index contributed by atoms with van der Waals surface area (Å²) in [5, 5.41) is 4.04. The fraction of sp³-hybridized carbons (Fsp3) is 0.273. The lowest BCUT2D eigenvalue weighted by atomic mass is 10.1. The van der Waals surface area contributed by atoms with E-state index >= 15 is 0 Å². The Bertz CT molecular complexity index is 947. The highest BCUT2D eigenvalue weighted by atomic mass is 35.5. The van der Waals surface area contributed by atoms with E-state index in [2.05, 4.69) is 39.5 Å². The Morgan fingerprint density at radius 1 is 1.11 bits per heavy atom. The van der Waals surface area contributed by atoms with E-state index in [9.17, 15) is 4.79 Å². The summed E-state index contributed by atoms with van der Waals surface area (Å²) in [6.45, 7) is 4.22. The highest BCUT2D eigenvalue weighted by Gasteiger charge is 2.24. The fourth-order valence-electron chi connectivity index (χ4n) is 3.38. The van der Waals surface area contributed by atoms with E-state index in [1.807, 2.05) is 25.1 Å². The number of aryl methyl sites for hydroxylation is 1. The molecule has 2 heterocycles. The zero-order chi connectivity index (χ0) is 19.5. The van der Waals surface area contributed by atoms with Crippen LogP contribution in [0.3, 0.4) is 0 Å². The summed E-state index contributed by atoms with van der Waals surface area (Å²) in [4.78, 5) is 20.0. The van der Waals surface area contributed by atoms with E-state index in [-0.39, 0.29) is 5.91 Å². The van der Waals surface area contributed by atoms with Crippen LogP contribution in [-0.4, -0.2) is 24.2 Å². The Labute approximate surface area is 174 Å². The number of nitrogens with zero attached hydrogens (tertiary/aromatic N) is 2. The average molecular weight is 412 g/mol. The molecule has 4 nitrogen and oxygen atoms in total. The van der Waals surface area contributed by atoms with Crippen molar-refractivity contribution in [1.29, 1.82) is 0 Å². The van der Waals surface area contributed by atoms with Gasteiger partial charge >= 0.3 is 0 Å². The summed E-state index contributed by atoms with van der Waals surface area (Å²) >= 11 is 7.41. The maximum Gasteiger partial charge on any atom is 0.264 e. The summed E-state index contributed by atoms with van der Waals surface area (Å²) in [5.74, 6) is -0.122. The van der Waals surface area contributed by atoms with Crippen molar-refractivity contribution in [3.63, 3.8) is 0 Å². The second kappa shape index (κ2) is 8.41. The summed E-state index contributed by atoms with van der Waals surface area (Å²) in [7, 11) is 0. The summed E-state index contributed by atoms with van der Waals surface area (Å²) in [5.41, 5.74) is 4.04. The van der Waals surface area contributed by atoms with Crippen molar-refractivity contribution >= 4 is 51.9 Å². The maximum atomic E-state index is 12.3. The molecule has 0 aromatic heterocycles. The van der Waals surface area contributed by atoms with Gasteiger partial charge in [0.2, 0.25) is 0 Å². The third-order valence-corrected chi connectivity index (χ3v) is 6.10. The van der Waals surface area contributed by atoms with Crippen LogP contribution in [0, 0.1) is 6.92 Å². The molecule has 0 saturated carbocycles. The smallest absolute Gasteiger partial charge is 0.264 e. The summed E-state index contributed by atoms with van der Waals surface area (Å²) < 4.78 is 0. The molecule has 0 radical (unpaired) electrons. The number of aliphatic imine (C=N–C) groups is 1. The van der Waals surface area contributed by atoms with Crippen molar-refractivity contribution in [1.82, 2.24) is 5.32 Å². The first kappa shape index (κ1) is 19.1. The lowest BCUT2D eigenvalue weighted by Crippen LogP contribution is -2.29. The van der Waals surface area contributed by atoms with Gasteiger partial charge in [0.1, 0.15) is 0 Å². The highest BCUT2D eigenvalue weighted by Crippen LogP contribution is 2.30. The van der Waals surface area contributed by atoms with Gasteiger partial charge in [-0.3, -0.25) is 4.79 Å². The topological polar surface area (TPSA) is 44.7 Å². The van der Waals surface area contributed by atoms with Crippen LogP contribution in [0.15, 0.2) is 52.4 Å². The minimum Gasteiger partial charge on any atom is -0.372 e. The Balaban J connectivity index is 1.50. The van der Waals surface area contributed by atoms with Gasteiger partial charge in [0.15, 0.2) is 5.17 Å². The lowest BCUT2D eigenvalue weighted by molar-refractivity contribution is -0.115. The number of nitrogens with one attached hydrogen (secondary N) is 1. The number of piperidine rings is 1. The Hall–Kier alpha value is -2.24. The molecule has 2 aliphatic rings. The predicted molar refractivity (Wildman–Crippen MR) is 120 cm³/mol. The second-order valence-corrected chi connectivity index (χ2v) is 8.52. The minimum atomic E-state index is -0.122. The standard InChI is InChI=1S/C22H22ClN3OS/c1-15-5-8-17(23)14-19(15)24-22-25-21(27)20(28-22)13-16-6-9-18(10-7-16)26-11-3-2-4-12-26/h5-10,13-14H,2-4,11-12H2,1H3,(H,24,25,27)/b20-13-. The van der Waals surface area contributed by atoms with Crippen molar-refractivity contribution in [2.45, 2.75) is 26.2 Å². The average Bonchev–Trinajstić information content (AvgIpc) is 3.05. The number of rotatable bonds is 3. The second-order valence-electron chi connectivity index (χ2n) is 7.05.